The van der Waals surface area contributed by atoms with Crippen LogP contribution in [0.4, 0.5) is 0 Å². The van der Waals surface area contributed by atoms with E-state index < -0.39 is 10.0 Å². The van der Waals surface area contributed by atoms with Crippen molar-refractivity contribution in [3.63, 3.8) is 0 Å². The van der Waals surface area contributed by atoms with Crippen LogP contribution in [0.1, 0.15) is 19.3 Å². The van der Waals surface area contributed by atoms with Gasteiger partial charge in [-0.2, -0.15) is 4.31 Å². The van der Waals surface area contributed by atoms with Crippen LogP contribution in [-0.2, 0) is 10.0 Å². The summed E-state index contributed by atoms with van der Waals surface area (Å²) in [5, 5.41) is 0. The topological polar surface area (TPSA) is 53.5 Å². The Morgan fingerprint density at radius 3 is 2.64 bits per heavy atom. The molecule has 6 heteroatoms. The van der Waals surface area contributed by atoms with E-state index in [9.17, 15) is 8.42 Å². The van der Waals surface area contributed by atoms with Crippen molar-refractivity contribution in [2.75, 3.05) is 32.7 Å². The molecule has 2 heterocycles. The normalized spacial score (nSPS) is 24.5. The minimum Gasteiger partial charge on any atom is -0.300 e. The van der Waals surface area contributed by atoms with E-state index in [1.54, 1.807) is 22.6 Å². The van der Waals surface area contributed by atoms with Crippen LogP contribution in [-0.4, -0.2) is 55.3 Å². The average Bonchev–Trinajstić information content (AvgIpc) is 2.57. The average molecular weight is 321 g/mol. The van der Waals surface area contributed by atoms with Gasteiger partial charge in [-0.1, -0.05) is 12.2 Å². The maximum absolute atomic E-state index is 12.5. The summed E-state index contributed by atoms with van der Waals surface area (Å²) in [6, 6.07) is 3.28. The van der Waals surface area contributed by atoms with Gasteiger partial charge in [-0.3, -0.25) is 4.98 Å². The number of sulfonamides is 1. The minimum absolute atomic E-state index is 0.292. The summed E-state index contributed by atoms with van der Waals surface area (Å²) in [5.74, 6) is 0.728. The molecule has 5 nitrogen and oxygen atoms in total. The highest BCUT2D eigenvalue weighted by Gasteiger charge is 2.29. The predicted molar refractivity (Wildman–Crippen MR) is 85.9 cm³/mol. The van der Waals surface area contributed by atoms with Crippen molar-refractivity contribution in [1.82, 2.24) is 14.2 Å². The van der Waals surface area contributed by atoms with Gasteiger partial charge in [0.05, 0.1) is 0 Å². The lowest BCUT2D eigenvalue weighted by atomic mass is 9.94. The molecule has 0 N–H and O–H groups in total. The molecule has 1 unspecified atom stereocenters. The van der Waals surface area contributed by atoms with Gasteiger partial charge in [0.2, 0.25) is 10.0 Å². The number of nitrogens with zero attached hydrogens (tertiary/aromatic N) is 3. The van der Waals surface area contributed by atoms with Crippen LogP contribution in [0.3, 0.4) is 0 Å². The van der Waals surface area contributed by atoms with Gasteiger partial charge >= 0.3 is 0 Å². The number of pyridine rings is 1. The smallest absolute Gasteiger partial charge is 0.244 e. The molecule has 0 aromatic carbocycles. The second-order valence-corrected chi connectivity index (χ2v) is 7.98. The molecule has 2 aliphatic rings. The number of hydrogen-bond acceptors (Lipinski definition) is 4. The highest BCUT2D eigenvalue weighted by atomic mass is 32.2. The fourth-order valence-electron chi connectivity index (χ4n) is 3.19. The first-order valence-corrected chi connectivity index (χ1v) is 9.38. The van der Waals surface area contributed by atoms with E-state index in [1.807, 2.05) is 0 Å². The highest BCUT2D eigenvalue weighted by molar-refractivity contribution is 7.89. The van der Waals surface area contributed by atoms with E-state index in [0.717, 1.165) is 32.0 Å². The number of allylic oxidation sites excluding steroid dienone is 2. The first-order chi connectivity index (χ1) is 10.7. The van der Waals surface area contributed by atoms with Gasteiger partial charge in [0, 0.05) is 45.1 Å². The first kappa shape index (κ1) is 15.6. The molecule has 0 amide bonds. The maximum atomic E-state index is 12.5. The van der Waals surface area contributed by atoms with Crippen LogP contribution in [0.25, 0.3) is 0 Å². The molecule has 0 saturated carbocycles. The molecule has 1 aromatic rings. The fraction of sp³-hybridized carbons (Fsp3) is 0.562. The van der Waals surface area contributed by atoms with Gasteiger partial charge in [-0.05, 0) is 37.3 Å². The summed E-state index contributed by atoms with van der Waals surface area (Å²) >= 11 is 0. The molecule has 1 aromatic heterocycles. The second-order valence-electron chi connectivity index (χ2n) is 6.04. The third kappa shape index (κ3) is 3.56. The molecule has 1 atom stereocenters. The zero-order chi connectivity index (χ0) is 15.4. The summed E-state index contributed by atoms with van der Waals surface area (Å²) in [4.78, 5) is 6.61. The van der Waals surface area contributed by atoms with Gasteiger partial charge < -0.3 is 4.90 Å². The number of hydrogen-bond donors (Lipinski definition) is 0. The van der Waals surface area contributed by atoms with Crippen molar-refractivity contribution in [1.29, 1.82) is 0 Å². The van der Waals surface area contributed by atoms with Crippen molar-refractivity contribution in [2.24, 2.45) is 5.92 Å². The van der Waals surface area contributed by atoms with Crippen LogP contribution >= 0.6 is 0 Å². The molecular weight excluding hydrogens is 298 g/mol. The van der Waals surface area contributed by atoms with Crippen LogP contribution in [0, 0.1) is 5.92 Å². The zero-order valence-corrected chi connectivity index (χ0v) is 13.6. The van der Waals surface area contributed by atoms with Crippen molar-refractivity contribution in [3.8, 4) is 0 Å². The maximum Gasteiger partial charge on any atom is 0.244 e. The molecule has 0 radical (unpaired) electrons. The highest BCUT2D eigenvalue weighted by Crippen LogP contribution is 2.21. The van der Waals surface area contributed by atoms with E-state index in [2.05, 4.69) is 22.0 Å². The summed E-state index contributed by atoms with van der Waals surface area (Å²) in [7, 11) is -3.39. The van der Waals surface area contributed by atoms with Gasteiger partial charge in [0.1, 0.15) is 4.90 Å². The lowest BCUT2D eigenvalue weighted by Crippen LogP contribution is -2.49. The Morgan fingerprint density at radius 2 is 2.00 bits per heavy atom. The fourth-order valence-corrected chi connectivity index (χ4v) is 4.58. The van der Waals surface area contributed by atoms with E-state index in [4.69, 9.17) is 0 Å². The standard InChI is InChI=1S/C16H23N3O2S/c20-22(21,16-7-4-8-17-13-16)19-11-9-18(10-12-19)14-15-5-2-1-3-6-15/h1-2,4,7-8,13,15H,3,5-6,9-12,14H2. The van der Waals surface area contributed by atoms with E-state index in [1.165, 1.54) is 19.0 Å². The zero-order valence-electron chi connectivity index (χ0n) is 12.8. The Kier molecular flexibility index (Phi) is 4.90. The molecule has 22 heavy (non-hydrogen) atoms. The predicted octanol–water partition coefficient (Wildman–Crippen LogP) is 1.74. The van der Waals surface area contributed by atoms with Crippen molar-refractivity contribution >= 4 is 10.0 Å². The Bertz CT molecular complexity index is 608. The van der Waals surface area contributed by atoms with Gasteiger partial charge in [-0.15, -0.1) is 0 Å². The second kappa shape index (κ2) is 6.89. The molecule has 3 rings (SSSR count). The lowest BCUT2D eigenvalue weighted by molar-refractivity contribution is 0.161. The van der Waals surface area contributed by atoms with Crippen LogP contribution in [0.5, 0.6) is 0 Å². The minimum atomic E-state index is -3.39. The Balaban J connectivity index is 1.56. The molecule has 120 valence electrons. The van der Waals surface area contributed by atoms with Crippen molar-refractivity contribution in [3.05, 3.63) is 36.7 Å². The van der Waals surface area contributed by atoms with Crippen LogP contribution in [0.15, 0.2) is 41.6 Å². The summed E-state index contributed by atoms with van der Waals surface area (Å²) in [5.41, 5.74) is 0. The monoisotopic (exact) mass is 321 g/mol. The van der Waals surface area contributed by atoms with Gasteiger partial charge in [0.25, 0.3) is 0 Å². The largest absolute Gasteiger partial charge is 0.300 e. The summed E-state index contributed by atoms with van der Waals surface area (Å²) < 4.78 is 26.7. The quantitative estimate of drug-likeness (QED) is 0.793. The van der Waals surface area contributed by atoms with Crippen molar-refractivity contribution in [2.45, 2.75) is 24.2 Å². The molecule has 1 saturated heterocycles. The summed E-state index contributed by atoms with van der Waals surface area (Å²) in [6.45, 7) is 3.87. The molecule has 1 aliphatic heterocycles. The third-order valence-corrected chi connectivity index (χ3v) is 6.38. The van der Waals surface area contributed by atoms with Crippen LogP contribution < -0.4 is 0 Å². The van der Waals surface area contributed by atoms with E-state index in [0.29, 0.717) is 18.0 Å². The van der Waals surface area contributed by atoms with Crippen LogP contribution in [0.2, 0.25) is 0 Å². The van der Waals surface area contributed by atoms with Crippen molar-refractivity contribution < 1.29 is 8.42 Å². The Hall–Kier alpha value is -1.24. The molecular formula is C16H23N3O2S. The molecule has 1 fully saturated rings. The number of piperazine rings is 1. The number of aromatic nitrogens is 1. The summed E-state index contributed by atoms with van der Waals surface area (Å²) in [6.07, 6.45) is 11.1. The lowest BCUT2D eigenvalue weighted by Gasteiger charge is -2.36. The van der Waals surface area contributed by atoms with E-state index >= 15 is 0 Å². The Labute approximate surface area is 132 Å². The van der Waals surface area contributed by atoms with Gasteiger partial charge in [0.15, 0.2) is 0 Å². The first-order valence-electron chi connectivity index (χ1n) is 7.94. The molecule has 1 aliphatic carbocycles. The molecule has 0 bridgehead atoms. The third-order valence-electron chi connectivity index (χ3n) is 4.50. The molecule has 0 spiro atoms. The SMILES string of the molecule is O=S(=O)(c1cccnc1)N1CCN(CC2CC=CCC2)CC1. The number of rotatable bonds is 4. The van der Waals surface area contributed by atoms with Gasteiger partial charge in [-0.25, -0.2) is 8.42 Å². The van der Waals surface area contributed by atoms with E-state index in [-0.39, 0.29) is 0 Å². The Morgan fingerprint density at radius 1 is 1.18 bits per heavy atom.